The Labute approximate surface area is 155 Å². The first-order chi connectivity index (χ1) is 11.1. The molecule has 3 rings (SSSR count). The maximum Gasteiger partial charge on any atom is 0.303 e. The molecule has 24 heavy (non-hydrogen) atoms. The normalized spacial score (nSPS) is 15.4. The molecule has 1 aliphatic rings. The minimum Gasteiger partial charge on any atom is -0.481 e. The van der Waals surface area contributed by atoms with E-state index in [9.17, 15) is 9.59 Å². The molecule has 5 nitrogen and oxygen atoms in total. The predicted molar refractivity (Wildman–Crippen MR) is 101 cm³/mol. The molecule has 132 valence electrons. The highest BCUT2D eigenvalue weighted by molar-refractivity contribution is 7.27. The molecule has 0 radical (unpaired) electrons. The maximum atomic E-state index is 12.6. The minimum atomic E-state index is -0.726. The number of nitrogens with zero attached hydrogens (tertiary/aromatic N) is 2. The molecule has 0 bridgehead atoms. The first kappa shape index (κ1) is 19.2. The van der Waals surface area contributed by atoms with Gasteiger partial charge < -0.3 is 10.0 Å². The molecular weight excluding hydrogens is 368 g/mol. The number of halogens is 1. The Morgan fingerprint density at radius 2 is 1.88 bits per heavy atom. The number of carbonyl (C=O) groups excluding carboxylic acids is 1. The quantitative estimate of drug-likeness (QED) is 0.770. The second-order valence-corrected chi connectivity index (χ2v) is 7.78. The topological polar surface area (TPSA) is 60.9 Å². The van der Waals surface area contributed by atoms with Crippen molar-refractivity contribution in [2.75, 3.05) is 32.7 Å². The van der Waals surface area contributed by atoms with Gasteiger partial charge in [-0.3, -0.25) is 14.5 Å². The number of rotatable bonds is 6. The monoisotopic (exact) mass is 388 g/mol. The first-order valence-electron chi connectivity index (χ1n) is 7.84. The molecule has 1 aliphatic heterocycles. The highest BCUT2D eigenvalue weighted by Crippen LogP contribution is 2.30. The molecule has 1 saturated heterocycles. The number of hydrogen-bond donors (Lipinski definition) is 1. The summed E-state index contributed by atoms with van der Waals surface area (Å²) in [6.07, 6.45) is 1.87. The van der Waals surface area contributed by atoms with Crippen LogP contribution < -0.4 is 0 Å². The number of thiophene rings is 2. The molecule has 0 atom stereocenters. The zero-order valence-corrected chi connectivity index (χ0v) is 15.7. The number of carboxylic acid groups (broad SMARTS) is 1. The van der Waals surface area contributed by atoms with E-state index in [1.807, 2.05) is 11.0 Å². The van der Waals surface area contributed by atoms with Crippen molar-refractivity contribution in [2.24, 2.45) is 0 Å². The molecule has 1 fully saturated rings. The second-order valence-electron chi connectivity index (χ2n) is 5.74. The van der Waals surface area contributed by atoms with Gasteiger partial charge in [-0.25, -0.2) is 0 Å². The number of aliphatic carboxylic acids is 1. The number of amides is 1. The third kappa shape index (κ3) is 4.69. The Morgan fingerprint density at radius 3 is 2.54 bits per heavy atom. The van der Waals surface area contributed by atoms with Gasteiger partial charge in [0, 0.05) is 42.0 Å². The van der Waals surface area contributed by atoms with Gasteiger partial charge in [-0.1, -0.05) is 0 Å². The number of carboxylic acids is 1. The van der Waals surface area contributed by atoms with Gasteiger partial charge in [-0.15, -0.1) is 35.1 Å². The van der Waals surface area contributed by atoms with E-state index in [0.717, 1.165) is 50.4 Å². The van der Waals surface area contributed by atoms with Crippen molar-refractivity contribution in [1.82, 2.24) is 9.80 Å². The van der Waals surface area contributed by atoms with Crippen LogP contribution in [0.2, 0.25) is 0 Å². The molecule has 0 spiro atoms. The smallest absolute Gasteiger partial charge is 0.303 e. The average molecular weight is 389 g/mol. The highest BCUT2D eigenvalue weighted by atomic mass is 35.5. The van der Waals surface area contributed by atoms with Crippen molar-refractivity contribution in [2.45, 2.75) is 19.3 Å². The number of carbonyl (C=O) groups is 2. The third-order valence-corrected chi connectivity index (χ3v) is 6.21. The summed E-state index contributed by atoms with van der Waals surface area (Å²) in [5, 5.41) is 10.7. The van der Waals surface area contributed by atoms with Gasteiger partial charge in [0.15, 0.2) is 0 Å². The van der Waals surface area contributed by atoms with Crippen molar-refractivity contribution < 1.29 is 14.7 Å². The lowest BCUT2D eigenvalue weighted by atomic mass is 10.2. The largest absolute Gasteiger partial charge is 0.481 e. The van der Waals surface area contributed by atoms with Crippen LogP contribution in [-0.4, -0.2) is 59.5 Å². The zero-order chi connectivity index (χ0) is 16.2. The summed E-state index contributed by atoms with van der Waals surface area (Å²) in [7, 11) is 0. The van der Waals surface area contributed by atoms with Crippen LogP contribution in [0.25, 0.3) is 9.40 Å². The summed E-state index contributed by atoms with van der Waals surface area (Å²) in [4.78, 5) is 28.1. The van der Waals surface area contributed by atoms with Gasteiger partial charge in [0.2, 0.25) is 0 Å². The lowest BCUT2D eigenvalue weighted by Gasteiger charge is -2.34. The van der Waals surface area contributed by atoms with E-state index in [0.29, 0.717) is 0 Å². The number of hydrogen-bond acceptors (Lipinski definition) is 5. The Hall–Kier alpha value is -1.15. The summed E-state index contributed by atoms with van der Waals surface area (Å²) in [6.45, 7) is 4.17. The standard InChI is InChI=1S/C16H20N2O3S2.ClH/c19-15(20)3-1-2-5-17-6-8-18(9-7-17)16(21)14-11-13-12(23-14)4-10-22-13;/h4,10-11H,1-3,5-9H2,(H,19,20);1H. The number of unbranched alkanes of at least 4 members (excludes halogenated alkanes) is 1. The lowest BCUT2D eigenvalue weighted by Crippen LogP contribution is -2.48. The maximum absolute atomic E-state index is 12.6. The minimum absolute atomic E-state index is 0. The number of piperazine rings is 1. The average Bonchev–Trinajstić information content (AvgIpc) is 3.13. The second kappa shape index (κ2) is 8.80. The van der Waals surface area contributed by atoms with E-state index >= 15 is 0 Å². The lowest BCUT2D eigenvalue weighted by molar-refractivity contribution is -0.137. The van der Waals surface area contributed by atoms with E-state index in [2.05, 4.69) is 16.3 Å². The fourth-order valence-electron chi connectivity index (χ4n) is 2.81. The fraction of sp³-hybridized carbons (Fsp3) is 0.500. The molecule has 1 amide bonds. The van der Waals surface area contributed by atoms with Crippen LogP contribution in [0.15, 0.2) is 17.5 Å². The van der Waals surface area contributed by atoms with Gasteiger partial charge in [-0.05, 0) is 36.9 Å². The van der Waals surface area contributed by atoms with E-state index in [4.69, 9.17) is 5.11 Å². The Kier molecular flexibility index (Phi) is 7.03. The van der Waals surface area contributed by atoms with E-state index in [-0.39, 0.29) is 24.7 Å². The fourth-order valence-corrected chi connectivity index (χ4v) is 4.89. The van der Waals surface area contributed by atoms with Crippen molar-refractivity contribution in [1.29, 1.82) is 0 Å². The van der Waals surface area contributed by atoms with Crippen molar-refractivity contribution in [3.05, 3.63) is 22.4 Å². The van der Waals surface area contributed by atoms with Crippen LogP contribution in [0.5, 0.6) is 0 Å². The Balaban J connectivity index is 0.00000208. The summed E-state index contributed by atoms with van der Waals surface area (Å²) >= 11 is 3.25. The molecule has 8 heteroatoms. The van der Waals surface area contributed by atoms with Gasteiger partial charge in [-0.2, -0.15) is 0 Å². The predicted octanol–water partition coefficient (Wildman–Crippen LogP) is 3.40. The molecule has 0 saturated carbocycles. The summed E-state index contributed by atoms with van der Waals surface area (Å²) in [5.74, 6) is -0.583. The van der Waals surface area contributed by atoms with Crippen molar-refractivity contribution >= 4 is 56.4 Å². The van der Waals surface area contributed by atoms with Crippen LogP contribution in [0, 0.1) is 0 Å². The molecule has 0 unspecified atom stereocenters. The summed E-state index contributed by atoms with van der Waals surface area (Å²) in [6, 6.07) is 4.07. The summed E-state index contributed by atoms with van der Waals surface area (Å²) in [5.41, 5.74) is 0. The van der Waals surface area contributed by atoms with E-state index < -0.39 is 5.97 Å². The van der Waals surface area contributed by atoms with Crippen molar-refractivity contribution in [3.63, 3.8) is 0 Å². The van der Waals surface area contributed by atoms with Gasteiger partial charge in [0.1, 0.15) is 0 Å². The highest BCUT2D eigenvalue weighted by Gasteiger charge is 2.23. The molecule has 3 heterocycles. The number of fused-ring (bicyclic) bond motifs is 1. The van der Waals surface area contributed by atoms with Gasteiger partial charge >= 0.3 is 5.97 Å². The molecule has 0 aliphatic carbocycles. The molecular formula is C16H21ClN2O3S2. The Bertz CT molecular complexity index is 664. The SMILES string of the molecule is Cl.O=C(O)CCCCN1CCN(C(=O)c2cc3sccc3s2)CC1. The first-order valence-corrected chi connectivity index (χ1v) is 9.53. The zero-order valence-electron chi connectivity index (χ0n) is 13.3. The molecule has 0 aromatic carbocycles. The van der Waals surface area contributed by atoms with E-state index in [1.54, 1.807) is 22.7 Å². The molecule has 2 aromatic rings. The van der Waals surface area contributed by atoms with Crippen molar-refractivity contribution in [3.8, 4) is 0 Å². The van der Waals surface area contributed by atoms with Crippen LogP contribution in [0.3, 0.4) is 0 Å². The van der Waals surface area contributed by atoms with Crippen LogP contribution in [-0.2, 0) is 4.79 Å². The van der Waals surface area contributed by atoms with Gasteiger partial charge in [0.25, 0.3) is 5.91 Å². The van der Waals surface area contributed by atoms with Crippen LogP contribution in [0.1, 0.15) is 28.9 Å². The molecule has 1 N–H and O–H groups in total. The van der Waals surface area contributed by atoms with Gasteiger partial charge in [0.05, 0.1) is 4.88 Å². The third-order valence-electron chi connectivity index (χ3n) is 4.12. The Morgan fingerprint density at radius 1 is 1.12 bits per heavy atom. The summed E-state index contributed by atoms with van der Waals surface area (Å²) < 4.78 is 2.38. The van der Waals surface area contributed by atoms with E-state index in [1.165, 1.54) is 9.40 Å². The van der Waals surface area contributed by atoms with Crippen LogP contribution in [0.4, 0.5) is 0 Å². The molecule has 2 aromatic heterocycles. The van der Waals surface area contributed by atoms with Crippen LogP contribution >= 0.6 is 35.1 Å².